The fraction of sp³-hybridized carbons (Fsp3) is 0.438. The zero-order chi connectivity index (χ0) is 27.2. The van der Waals surface area contributed by atoms with Crippen molar-refractivity contribution in [1.82, 2.24) is 9.80 Å². The molecule has 208 valence electrons. The number of rotatable bonds is 10. The first-order valence-corrected chi connectivity index (χ1v) is 15.7. The van der Waals surface area contributed by atoms with Crippen LogP contribution in [0.3, 0.4) is 0 Å². The monoisotopic (exact) mass is 547 g/mol. The molecule has 0 unspecified atom stereocenters. The predicted octanol–water partition coefficient (Wildman–Crippen LogP) is 5.15. The zero-order valence-electron chi connectivity index (χ0n) is 23.3. The number of fused-ring (bicyclic) bond motifs is 1. The van der Waals surface area contributed by atoms with E-state index in [4.69, 9.17) is 4.18 Å². The molecule has 1 fully saturated rings. The maximum absolute atomic E-state index is 13.0. The van der Waals surface area contributed by atoms with E-state index in [0.29, 0.717) is 11.8 Å². The van der Waals surface area contributed by atoms with E-state index in [1.54, 1.807) is 30.3 Å². The van der Waals surface area contributed by atoms with E-state index in [9.17, 15) is 8.42 Å². The Balaban J connectivity index is 1.19. The van der Waals surface area contributed by atoms with E-state index in [-0.39, 0.29) is 4.90 Å². The minimum Gasteiger partial charge on any atom is -0.379 e. The quantitative estimate of drug-likeness (QED) is 0.327. The highest BCUT2D eigenvalue weighted by molar-refractivity contribution is 7.87. The molecule has 7 heteroatoms. The summed E-state index contributed by atoms with van der Waals surface area (Å²) < 4.78 is 31.6. The summed E-state index contributed by atoms with van der Waals surface area (Å²) in [5, 5.41) is 0. The fourth-order valence-corrected chi connectivity index (χ4v) is 6.87. The van der Waals surface area contributed by atoms with Crippen molar-refractivity contribution in [3.05, 3.63) is 89.5 Å². The highest BCUT2D eigenvalue weighted by atomic mass is 32.2. The van der Waals surface area contributed by atoms with Gasteiger partial charge in [0.2, 0.25) is 0 Å². The average molecular weight is 548 g/mol. The van der Waals surface area contributed by atoms with Gasteiger partial charge in [0.05, 0.1) is 0 Å². The van der Waals surface area contributed by atoms with Crippen LogP contribution in [0.4, 0.5) is 5.69 Å². The molecule has 0 bridgehead atoms. The second kappa shape index (κ2) is 12.5. The fourth-order valence-electron chi connectivity index (χ4n) is 5.92. The SMILES string of the molecule is CCCN(CCN1CCN(c2ccccc2)CC1)[C@H]1CCc2c(cccc2OS(=O)(=O)c2ccc(C)cc2)C1. The number of nitrogens with zero attached hydrogens (tertiary/aromatic N) is 3. The molecule has 39 heavy (non-hydrogen) atoms. The maximum atomic E-state index is 13.0. The van der Waals surface area contributed by atoms with Gasteiger partial charge in [-0.2, -0.15) is 8.42 Å². The van der Waals surface area contributed by atoms with Gasteiger partial charge in [-0.15, -0.1) is 0 Å². The van der Waals surface area contributed by atoms with Gasteiger partial charge in [0.15, 0.2) is 0 Å². The molecule has 1 atom stereocenters. The Morgan fingerprint density at radius 1 is 0.897 bits per heavy atom. The van der Waals surface area contributed by atoms with Crippen molar-refractivity contribution in [3.63, 3.8) is 0 Å². The lowest BCUT2D eigenvalue weighted by Gasteiger charge is -2.39. The van der Waals surface area contributed by atoms with E-state index >= 15 is 0 Å². The molecule has 1 heterocycles. The third-order valence-electron chi connectivity index (χ3n) is 8.15. The lowest BCUT2D eigenvalue weighted by atomic mass is 9.87. The summed E-state index contributed by atoms with van der Waals surface area (Å²) in [5.74, 6) is 0.477. The van der Waals surface area contributed by atoms with Crippen LogP contribution >= 0.6 is 0 Å². The number of hydrogen-bond acceptors (Lipinski definition) is 6. The summed E-state index contributed by atoms with van der Waals surface area (Å²) >= 11 is 0. The molecule has 3 aromatic rings. The van der Waals surface area contributed by atoms with Gasteiger partial charge in [-0.3, -0.25) is 9.80 Å². The maximum Gasteiger partial charge on any atom is 0.339 e. The normalized spacial score (nSPS) is 18.2. The Morgan fingerprint density at radius 3 is 2.36 bits per heavy atom. The molecule has 0 N–H and O–H groups in total. The Kier molecular flexibility index (Phi) is 8.90. The van der Waals surface area contributed by atoms with Gasteiger partial charge in [0.1, 0.15) is 10.6 Å². The molecule has 3 aromatic carbocycles. The van der Waals surface area contributed by atoms with Crippen molar-refractivity contribution >= 4 is 15.8 Å². The molecular weight excluding hydrogens is 506 g/mol. The van der Waals surface area contributed by atoms with E-state index in [0.717, 1.165) is 82.6 Å². The second-order valence-corrected chi connectivity index (χ2v) is 12.4. The molecular formula is C32H41N3O3S. The molecule has 0 spiro atoms. The summed E-state index contributed by atoms with van der Waals surface area (Å²) in [5.41, 5.74) is 4.59. The summed E-state index contributed by atoms with van der Waals surface area (Å²) in [7, 11) is -3.86. The van der Waals surface area contributed by atoms with Gasteiger partial charge in [-0.1, -0.05) is 55.0 Å². The van der Waals surface area contributed by atoms with Crippen LogP contribution in [0, 0.1) is 6.92 Å². The van der Waals surface area contributed by atoms with Gasteiger partial charge in [0.25, 0.3) is 0 Å². The smallest absolute Gasteiger partial charge is 0.339 e. The minimum atomic E-state index is -3.86. The number of anilines is 1. The number of hydrogen-bond donors (Lipinski definition) is 0. The Labute approximate surface area is 234 Å². The number of para-hydroxylation sites is 1. The van der Waals surface area contributed by atoms with Gasteiger partial charge in [-0.25, -0.2) is 0 Å². The molecule has 1 saturated heterocycles. The van der Waals surface area contributed by atoms with E-state index in [1.165, 1.54) is 11.3 Å². The third-order valence-corrected chi connectivity index (χ3v) is 9.40. The van der Waals surface area contributed by atoms with Crippen LogP contribution in [0.15, 0.2) is 77.7 Å². The summed E-state index contributed by atoms with van der Waals surface area (Å²) in [4.78, 5) is 7.93. The van der Waals surface area contributed by atoms with Crippen LogP contribution < -0.4 is 9.08 Å². The van der Waals surface area contributed by atoms with Crippen molar-refractivity contribution in [3.8, 4) is 5.75 Å². The molecule has 0 saturated carbocycles. The van der Waals surface area contributed by atoms with Crippen molar-refractivity contribution in [2.75, 3.05) is 50.7 Å². The third kappa shape index (κ3) is 6.83. The molecule has 6 nitrogen and oxygen atoms in total. The second-order valence-electron chi connectivity index (χ2n) is 10.8. The minimum absolute atomic E-state index is 0.193. The van der Waals surface area contributed by atoms with Crippen LogP contribution in [-0.2, 0) is 23.0 Å². The summed E-state index contributed by atoms with van der Waals surface area (Å²) in [6.45, 7) is 11.8. The Hall–Kier alpha value is -2.87. The van der Waals surface area contributed by atoms with Crippen LogP contribution in [0.25, 0.3) is 0 Å². The highest BCUT2D eigenvalue weighted by Crippen LogP contribution is 2.33. The standard InChI is InChI=1S/C32H41N3O3S/c1-3-18-34(22-19-33-20-23-35(24-21-33)28-9-5-4-6-10-28)29-14-17-31-27(25-29)8-7-11-32(31)38-39(36,37)30-15-12-26(2)13-16-30/h4-13,15-16,29H,3,14,17-25H2,1-2H3/t29-/m0/s1. The zero-order valence-corrected chi connectivity index (χ0v) is 24.1. The lowest BCUT2D eigenvalue weighted by Crippen LogP contribution is -2.50. The summed E-state index contributed by atoms with van der Waals surface area (Å²) in [6.07, 6.45) is 3.90. The van der Waals surface area contributed by atoms with E-state index in [2.05, 4.69) is 58.0 Å². The Morgan fingerprint density at radius 2 is 1.64 bits per heavy atom. The average Bonchev–Trinajstić information content (AvgIpc) is 2.96. The molecule has 5 rings (SSSR count). The molecule has 1 aliphatic heterocycles. The first kappa shape index (κ1) is 27.7. The van der Waals surface area contributed by atoms with Crippen molar-refractivity contribution in [2.24, 2.45) is 0 Å². The van der Waals surface area contributed by atoms with Crippen LogP contribution in [0.1, 0.15) is 36.5 Å². The first-order valence-electron chi connectivity index (χ1n) is 14.3. The van der Waals surface area contributed by atoms with Crippen molar-refractivity contribution in [1.29, 1.82) is 0 Å². The molecule has 0 amide bonds. The first-order chi connectivity index (χ1) is 18.9. The largest absolute Gasteiger partial charge is 0.379 e. The molecule has 2 aliphatic rings. The van der Waals surface area contributed by atoms with E-state index in [1.807, 2.05) is 13.0 Å². The number of aryl methyl sites for hydroxylation is 1. The predicted molar refractivity (Wildman–Crippen MR) is 158 cm³/mol. The molecule has 0 radical (unpaired) electrons. The van der Waals surface area contributed by atoms with Crippen LogP contribution in [0.5, 0.6) is 5.75 Å². The van der Waals surface area contributed by atoms with Gasteiger partial charge in [-0.05, 0) is 80.6 Å². The summed E-state index contributed by atoms with van der Waals surface area (Å²) in [6, 6.07) is 23.9. The van der Waals surface area contributed by atoms with Crippen LogP contribution in [0.2, 0.25) is 0 Å². The van der Waals surface area contributed by atoms with Crippen molar-refractivity contribution < 1.29 is 12.6 Å². The number of piperazine rings is 1. The van der Waals surface area contributed by atoms with E-state index < -0.39 is 10.1 Å². The van der Waals surface area contributed by atoms with Gasteiger partial charge in [0, 0.05) is 51.0 Å². The lowest BCUT2D eigenvalue weighted by molar-refractivity contribution is 0.145. The van der Waals surface area contributed by atoms with Crippen LogP contribution in [-0.4, -0.2) is 70.1 Å². The topological polar surface area (TPSA) is 53.1 Å². The van der Waals surface area contributed by atoms with Gasteiger partial charge < -0.3 is 9.08 Å². The van der Waals surface area contributed by atoms with Crippen molar-refractivity contribution in [2.45, 2.75) is 50.5 Å². The number of benzene rings is 3. The molecule has 0 aromatic heterocycles. The Bertz CT molecular complexity index is 1320. The molecule has 1 aliphatic carbocycles. The van der Waals surface area contributed by atoms with Gasteiger partial charge >= 0.3 is 10.1 Å². The highest BCUT2D eigenvalue weighted by Gasteiger charge is 2.28.